The molecule has 0 radical (unpaired) electrons. The molecule has 1 unspecified atom stereocenters. The van der Waals surface area contributed by atoms with Crippen LogP contribution in [0.15, 0.2) is 47.8 Å². The lowest BCUT2D eigenvalue weighted by Crippen LogP contribution is -2.36. The molecule has 182 valence electrons. The number of aliphatic imine (C=N–C) groups is 1. The van der Waals surface area contributed by atoms with Crippen LogP contribution in [0.2, 0.25) is 0 Å². The van der Waals surface area contributed by atoms with Crippen LogP contribution in [0, 0.1) is 6.92 Å². The Morgan fingerprint density at radius 3 is 2.76 bits per heavy atom. The van der Waals surface area contributed by atoms with Crippen LogP contribution in [-0.2, 0) is 19.5 Å². The topological polar surface area (TPSA) is 85.6 Å². The van der Waals surface area contributed by atoms with E-state index in [0.717, 1.165) is 53.2 Å². The van der Waals surface area contributed by atoms with E-state index in [1.165, 1.54) is 5.56 Å². The van der Waals surface area contributed by atoms with Gasteiger partial charge in [-0.05, 0) is 51.5 Å². The summed E-state index contributed by atoms with van der Waals surface area (Å²) >= 11 is 0. The Kier molecular flexibility index (Phi) is 9.14. The number of ether oxygens (including phenoxy) is 2. The zero-order chi connectivity index (χ0) is 23.2. The summed E-state index contributed by atoms with van der Waals surface area (Å²) in [6.45, 7) is 10.6. The van der Waals surface area contributed by atoms with Crippen LogP contribution in [0.1, 0.15) is 43.3 Å². The standard InChI is InChI=1S/C25H32N6O2.HI/c1-5-26-25(29-15-19-7-8-24(28-14-19)31-10-9-27-18(31)4)30-16-21-13-23-20(11-17(3)33-23)12-22(21)32-6-2;/h7-10,12-14,17H,5-6,11,15-16H2,1-4H3,(H2,26,29,30);1H. The number of hydrogen-bond donors (Lipinski definition) is 2. The van der Waals surface area contributed by atoms with Gasteiger partial charge in [0.25, 0.3) is 0 Å². The minimum atomic E-state index is 0. The molecule has 1 atom stereocenters. The third kappa shape index (κ3) is 6.19. The molecule has 0 amide bonds. The van der Waals surface area contributed by atoms with E-state index in [1.54, 1.807) is 6.20 Å². The summed E-state index contributed by atoms with van der Waals surface area (Å²) in [6.07, 6.45) is 6.65. The van der Waals surface area contributed by atoms with Crippen LogP contribution in [0.25, 0.3) is 5.82 Å². The van der Waals surface area contributed by atoms with Crippen molar-refractivity contribution in [2.45, 2.75) is 53.3 Å². The summed E-state index contributed by atoms with van der Waals surface area (Å²) in [7, 11) is 0. The van der Waals surface area contributed by atoms with Gasteiger partial charge in [0.15, 0.2) is 5.96 Å². The van der Waals surface area contributed by atoms with Gasteiger partial charge < -0.3 is 20.1 Å². The van der Waals surface area contributed by atoms with Crippen molar-refractivity contribution in [3.63, 3.8) is 0 Å². The minimum Gasteiger partial charge on any atom is -0.494 e. The molecule has 1 aromatic carbocycles. The predicted octanol–water partition coefficient (Wildman–Crippen LogP) is 4.17. The maximum absolute atomic E-state index is 5.94. The van der Waals surface area contributed by atoms with Crippen molar-refractivity contribution in [1.82, 2.24) is 25.2 Å². The number of rotatable bonds is 8. The molecule has 0 aliphatic carbocycles. The molecule has 0 spiro atoms. The highest BCUT2D eigenvalue weighted by molar-refractivity contribution is 14.0. The van der Waals surface area contributed by atoms with Crippen LogP contribution < -0.4 is 20.1 Å². The molecule has 34 heavy (non-hydrogen) atoms. The van der Waals surface area contributed by atoms with Crippen molar-refractivity contribution in [3.05, 3.63) is 65.4 Å². The Morgan fingerprint density at radius 2 is 2.09 bits per heavy atom. The molecule has 0 saturated heterocycles. The van der Waals surface area contributed by atoms with E-state index in [-0.39, 0.29) is 30.1 Å². The third-order valence-electron chi connectivity index (χ3n) is 5.47. The van der Waals surface area contributed by atoms with Crippen LogP contribution in [-0.4, -0.2) is 39.8 Å². The van der Waals surface area contributed by atoms with Crippen LogP contribution in [0.3, 0.4) is 0 Å². The number of benzene rings is 1. The second kappa shape index (κ2) is 12.0. The smallest absolute Gasteiger partial charge is 0.191 e. The van der Waals surface area contributed by atoms with Gasteiger partial charge in [0.1, 0.15) is 29.2 Å². The molecule has 8 nitrogen and oxygen atoms in total. The lowest BCUT2D eigenvalue weighted by atomic mass is 10.1. The first kappa shape index (κ1) is 25.8. The fourth-order valence-electron chi connectivity index (χ4n) is 3.87. The average molecular weight is 576 g/mol. The Hall–Kier alpha value is -2.82. The molecule has 3 aromatic rings. The summed E-state index contributed by atoms with van der Waals surface area (Å²) in [5, 5.41) is 6.73. The molecule has 3 heterocycles. The number of pyridine rings is 1. The van der Waals surface area contributed by atoms with E-state index < -0.39 is 0 Å². The molecule has 1 aliphatic rings. The van der Waals surface area contributed by atoms with Gasteiger partial charge in [-0.1, -0.05) is 6.07 Å². The Morgan fingerprint density at radius 1 is 1.24 bits per heavy atom. The van der Waals surface area contributed by atoms with Gasteiger partial charge in [-0.2, -0.15) is 0 Å². The maximum Gasteiger partial charge on any atom is 0.191 e. The molecule has 0 bridgehead atoms. The highest BCUT2D eigenvalue weighted by Crippen LogP contribution is 2.35. The van der Waals surface area contributed by atoms with Gasteiger partial charge in [-0.3, -0.25) is 4.57 Å². The molecule has 2 N–H and O–H groups in total. The summed E-state index contributed by atoms with van der Waals surface area (Å²) < 4.78 is 13.8. The summed E-state index contributed by atoms with van der Waals surface area (Å²) in [5.74, 6) is 4.34. The summed E-state index contributed by atoms with van der Waals surface area (Å²) in [5.41, 5.74) is 3.29. The Bertz CT molecular complexity index is 1110. The number of aromatic nitrogens is 3. The van der Waals surface area contributed by atoms with Crippen molar-refractivity contribution < 1.29 is 9.47 Å². The van der Waals surface area contributed by atoms with E-state index in [1.807, 2.05) is 42.9 Å². The fourth-order valence-corrected chi connectivity index (χ4v) is 3.87. The van der Waals surface area contributed by atoms with Crippen LogP contribution >= 0.6 is 24.0 Å². The fraction of sp³-hybridized carbons (Fsp3) is 0.400. The highest BCUT2D eigenvalue weighted by Gasteiger charge is 2.22. The molecule has 9 heteroatoms. The second-order valence-corrected chi connectivity index (χ2v) is 8.05. The molecular weight excluding hydrogens is 543 g/mol. The normalized spacial score (nSPS) is 14.7. The molecule has 0 saturated carbocycles. The van der Waals surface area contributed by atoms with E-state index in [2.05, 4.69) is 46.6 Å². The van der Waals surface area contributed by atoms with Crippen molar-refractivity contribution in [3.8, 4) is 17.3 Å². The molecule has 1 aliphatic heterocycles. The predicted molar refractivity (Wildman–Crippen MR) is 145 cm³/mol. The molecule has 2 aromatic heterocycles. The Labute approximate surface area is 218 Å². The zero-order valence-corrected chi connectivity index (χ0v) is 22.5. The largest absolute Gasteiger partial charge is 0.494 e. The van der Waals surface area contributed by atoms with E-state index >= 15 is 0 Å². The number of guanidine groups is 1. The SMILES string of the molecule is CCNC(=NCc1ccc(-n2ccnc2C)nc1)NCc1cc2c(cc1OCC)CC(C)O2.I. The number of nitrogens with one attached hydrogen (secondary N) is 2. The van der Waals surface area contributed by atoms with E-state index in [9.17, 15) is 0 Å². The van der Waals surface area contributed by atoms with Gasteiger partial charge in [0.05, 0.1) is 13.2 Å². The van der Waals surface area contributed by atoms with Gasteiger partial charge in [-0.15, -0.1) is 24.0 Å². The Balaban J connectivity index is 0.00000324. The highest BCUT2D eigenvalue weighted by atomic mass is 127. The van der Waals surface area contributed by atoms with Gasteiger partial charge in [0.2, 0.25) is 0 Å². The minimum absolute atomic E-state index is 0. The quantitative estimate of drug-likeness (QED) is 0.238. The van der Waals surface area contributed by atoms with Crippen molar-refractivity contribution in [1.29, 1.82) is 0 Å². The molecule has 0 fully saturated rings. The van der Waals surface area contributed by atoms with E-state index in [4.69, 9.17) is 14.5 Å². The van der Waals surface area contributed by atoms with Crippen molar-refractivity contribution in [2.75, 3.05) is 13.2 Å². The number of aryl methyl sites for hydroxylation is 1. The number of fused-ring (bicyclic) bond motifs is 1. The van der Waals surface area contributed by atoms with Gasteiger partial charge in [0, 0.05) is 49.2 Å². The monoisotopic (exact) mass is 576 g/mol. The first-order chi connectivity index (χ1) is 16.1. The van der Waals surface area contributed by atoms with Gasteiger partial charge in [-0.25, -0.2) is 15.0 Å². The van der Waals surface area contributed by atoms with Crippen LogP contribution in [0.5, 0.6) is 11.5 Å². The molecular formula is C25H33IN6O2. The average Bonchev–Trinajstić information content (AvgIpc) is 3.40. The lowest BCUT2D eigenvalue weighted by Gasteiger charge is -2.15. The first-order valence-corrected chi connectivity index (χ1v) is 11.5. The van der Waals surface area contributed by atoms with Crippen molar-refractivity contribution in [2.24, 2.45) is 4.99 Å². The maximum atomic E-state index is 5.94. The van der Waals surface area contributed by atoms with E-state index in [0.29, 0.717) is 19.7 Å². The first-order valence-electron chi connectivity index (χ1n) is 11.5. The number of hydrogen-bond acceptors (Lipinski definition) is 5. The number of nitrogens with zero attached hydrogens (tertiary/aromatic N) is 4. The second-order valence-electron chi connectivity index (χ2n) is 8.05. The van der Waals surface area contributed by atoms with Crippen molar-refractivity contribution >= 4 is 29.9 Å². The third-order valence-corrected chi connectivity index (χ3v) is 5.47. The zero-order valence-electron chi connectivity index (χ0n) is 20.2. The number of halogens is 1. The molecule has 4 rings (SSSR count). The number of imidazole rings is 1. The van der Waals surface area contributed by atoms with Gasteiger partial charge >= 0.3 is 0 Å². The summed E-state index contributed by atoms with van der Waals surface area (Å²) in [4.78, 5) is 13.5. The lowest BCUT2D eigenvalue weighted by molar-refractivity contribution is 0.254. The summed E-state index contributed by atoms with van der Waals surface area (Å²) in [6, 6.07) is 8.22. The van der Waals surface area contributed by atoms with Crippen LogP contribution in [0.4, 0.5) is 0 Å².